The van der Waals surface area contributed by atoms with Crippen molar-refractivity contribution in [3.8, 4) is 5.82 Å². The second-order valence-electron chi connectivity index (χ2n) is 4.30. The van der Waals surface area contributed by atoms with Gasteiger partial charge in [0.1, 0.15) is 12.1 Å². The molecule has 0 bridgehead atoms. The number of nitrogens with two attached hydrogens (primary N) is 1. The summed E-state index contributed by atoms with van der Waals surface area (Å²) < 4.78 is 28.1. The zero-order valence-corrected chi connectivity index (χ0v) is 12.6. The van der Waals surface area contributed by atoms with Crippen LogP contribution >= 0.6 is 15.9 Å². The lowest BCUT2D eigenvalue weighted by Gasteiger charge is -2.04. The number of halogens is 3. The SMILES string of the molecule is Cc1cc(Br)cnc1-n1cnn(CC(CN)=C(F)F)c1=O. The molecule has 0 amide bonds. The van der Waals surface area contributed by atoms with Crippen molar-refractivity contribution in [2.45, 2.75) is 13.5 Å². The minimum atomic E-state index is -1.89. The van der Waals surface area contributed by atoms with Crippen LogP contribution in [0.2, 0.25) is 0 Å². The molecule has 0 aliphatic carbocycles. The van der Waals surface area contributed by atoms with E-state index in [4.69, 9.17) is 5.73 Å². The minimum Gasteiger partial charge on any atom is -0.327 e. The van der Waals surface area contributed by atoms with Gasteiger partial charge >= 0.3 is 5.69 Å². The molecule has 0 atom stereocenters. The maximum atomic E-state index is 12.6. The minimum absolute atomic E-state index is 0.331. The fourth-order valence-corrected chi connectivity index (χ4v) is 2.20. The molecule has 0 aliphatic heterocycles. The average Bonchev–Trinajstić information content (AvgIpc) is 2.77. The van der Waals surface area contributed by atoms with Crippen LogP contribution < -0.4 is 11.4 Å². The summed E-state index contributed by atoms with van der Waals surface area (Å²) in [5.41, 5.74) is 5.09. The fourth-order valence-electron chi connectivity index (χ4n) is 1.76. The molecule has 0 saturated heterocycles. The second kappa shape index (κ2) is 6.27. The van der Waals surface area contributed by atoms with Gasteiger partial charge in [0.15, 0.2) is 0 Å². The average molecular weight is 360 g/mol. The number of pyridine rings is 1. The van der Waals surface area contributed by atoms with Crippen molar-refractivity contribution < 1.29 is 8.78 Å². The normalized spacial score (nSPS) is 10.7. The third kappa shape index (κ3) is 3.24. The Bertz CT molecular complexity index is 748. The number of aryl methyl sites for hydroxylation is 1. The van der Waals surface area contributed by atoms with E-state index in [0.717, 1.165) is 14.7 Å². The van der Waals surface area contributed by atoms with E-state index in [1.54, 1.807) is 19.2 Å². The molecule has 0 spiro atoms. The number of hydrogen-bond donors (Lipinski definition) is 1. The molecule has 0 radical (unpaired) electrons. The molecule has 21 heavy (non-hydrogen) atoms. The number of aromatic nitrogens is 4. The lowest BCUT2D eigenvalue weighted by molar-refractivity contribution is 0.400. The van der Waals surface area contributed by atoms with Crippen molar-refractivity contribution in [1.82, 2.24) is 19.3 Å². The first-order valence-corrected chi connectivity index (χ1v) is 6.73. The van der Waals surface area contributed by atoms with Gasteiger partial charge in [-0.2, -0.15) is 13.9 Å². The molecule has 0 unspecified atom stereocenters. The third-order valence-electron chi connectivity index (χ3n) is 2.83. The summed E-state index contributed by atoms with van der Waals surface area (Å²) in [5, 5.41) is 3.82. The van der Waals surface area contributed by atoms with E-state index < -0.39 is 11.8 Å². The molecule has 0 aliphatic rings. The summed E-state index contributed by atoms with van der Waals surface area (Å²) in [6.07, 6.45) is 0.894. The van der Waals surface area contributed by atoms with E-state index >= 15 is 0 Å². The van der Waals surface area contributed by atoms with E-state index in [9.17, 15) is 13.6 Å². The van der Waals surface area contributed by atoms with Crippen LogP contribution in [0, 0.1) is 6.92 Å². The Balaban J connectivity index is 2.42. The lowest BCUT2D eigenvalue weighted by Crippen LogP contribution is -2.27. The first kappa shape index (κ1) is 15.5. The monoisotopic (exact) mass is 359 g/mol. The Morgan fingerprint density at radius 3 is 2.76 bits per heavy atom. The van der Waals surface area contributed by atoms with Gasteiger partial charge < -0.3 is 5.73 Å². The quantitative estimate of drug-likeness (QED) is 0.899. The highest BCUT2D eigenvalue weighted by atomic mass is 79.9. The van der Waals surface area contributed by atoms with Gasteiger partial charge in [-0.1, -0.05) is 0 Å². The second-order valence-corrected chi connectivity index (χ2v) is 5.22. The van der Waals surface area contributed by atoms with E-state index in [0.29, 0.717) is 5.82 Å². The maximum absolute atomic E-state index is 12.6. The topological polar surface area (TPSA) is 78.7 Å². The fraction of sp³-hybridized carbons (Fsp3) is 0.250. The molecule has 0 aromatic carbocycles. The van der Waals surface area contributed by atoms with Gasteiger partial charge in [0.25, 0.3) is 6.08 Å². The Labute approximate surface area is 127 Å². The summed E-state index contributed by atoms with van der Waals surface area (Å²) >= 11 is 3.28. The van der Waals surface area contributed by atoms with Gasteiger partial charge in [-0.05, 0) is 34.5 Å². The van der Waals surface area contributed by atoms with Crippen LogP contribution in [-0.2, 0) is 6.54 Å². The van der Waals surface area contributed by atoms with Crippen molar-refractivity contribution in [3.63, 3.8) is 0 Å². The van der Waals surface area contributed by atoms with Gasteiger partial charge in [-0.25, -0.2) is 19.0 Å². The first-order valence-electron chi connectivity index (χ1n) is 5.94. The molecule has 6 nitrogen and oxygen atoms in total. The van der Waals surface area contributed by atoms with Gasteiger partial charge in [0.05, 0.1) is 6.54 Å². The Kier molecular flexibility index (Phi) is 4.63. The van der Waals surface area contributed by atoms with E-state index in [1.807, 2.05) is 0 Å². The highest BCUT2D eigenvalue weighted by molar-refractivity contribution is 9.10. The molecule has 2 aromatic heterocycles. The smallest absolute Gasteiger partial charge is 0.327 e. The summed E-state index contributed by atoms with van der Waals surface area (Å²) in [5.74, 6) is 0.397. The standard InChI is InChI=1S/C12H12BrF2N5O/c1-7-2-9(13)4-17-11(7)19-6-18-20(12(19)21)5-8(3-16)10(14)15/h2,4,6H,3,5,16H2,1H3. The molecule has 2 aromatic rings. The van der Waals surface area contributed by atoms with Gasteiger partial charge in [0, 0.05) is 22.8 Å². The summed E-state index contributed by atoms with van der Waals surface area (Å²) in [6, 6.07) is 1.79. The molecular weight excluding hydrogens is 348 g/mol. The number of rotatable bonds is 4. The molecule has 2 rings (SSSR count). The lowest BCUT2D eigenvalue weighted by atomic mass is 10.3. The van der Waals surface area contributed by atoms with Crippen LogP contribution in [-0.4, -0.2) is 25.9 Å². The van der Waals surface area contributed by atoms with Crippen molar-refractivity contribution in [2.24, 2.45) is 5.73 Å². The van der Waals surface area contributed by atoms with Crippen molar-refractivity contribution in [2.75, 3.05) is 6.54 Å². The first-order chi connectivity index (χ1) is 9.93. The zero-order valence-electron chi connectivity index (χ0n) is 11.1. The van der Waals surface area contributed by atoms with Crippen LogP contribution in [0.3, 0.4) is 0 Å². The molecular formula is C12H12BrF2N5O. The van der Waals surface area contributed by atoms with Gasteiger partial charge in [0.2, 0.25) is 0 Å². The third-order valence-corrected chi connectivity index (χ3v) is 3.27. The van der Waals surface area contributed by atoms with Crippen molar-refractivity contribution in [1.29, 1.82) is 0 Å². The highest BCUT2D eigenvalue weighted by Crippen LogP contribution is 2.15. The molecule has 0 fully saturated rings. The molecule has 2 heterocycles. The van der Waals surface area contributed by atoms with Crippen molar-refractivity contribution in [3.05, 3.63) is 50.8 Å². The van der Waals surface area contributed by atoms with Crippen LogP contribution in [0.1, 0.15) is 5.56 Å². The number of nitrogens with zero attached hydrogens (tertiary/aromatic N) is 4. The molecule has 112 valence electrons. The Hall–Kier alpha value is -1.87. The summed E-state index contributed by atoms with van der Waals surface area (Å²) in [4.78, 5) is 16.3. The molecule has 0 saturated carbocycles. The predicted octanol–water partition coefficient (Wildman–Crippen LogP) is 1.61. The number of hydrogen-bond acceptors (Lipinski definition) is 4. The summed E-state index contributed by atoms with van der Waals surface area (Å²) in [7, 11) is 0. The maximum Gasteiger partial charge on any atom is 0.351 e. The zero-order chi connectivity index (χ0) is 15.6. The Morgan fingerprint density at radius 2 is 2.19 bits per heavy atom. The largest absolute Gasteiger partial charge is 0.351 e. The van der Waals surface area contributed by atoms with Crippen LogP contribution in [0.4, 0.5) is 8.78 Å². The summed E-state index contributed by atoms with van der Waals surface area (Å²) in [6.45, 7) is 1.10. The van der Waals surface area contributed by atoms with Crippen LogP contribution in [0.25, 0.3) is 5.82 Å². The van der Waals surface area contributed by atoms with Crippen LogP contribution in [0.5, 0.6) is 0 Å². The highest BCUT2D eigenvalue weighted by Gasteiger charge is 2.13. The molecule has 2 N–H and O–H groups in total. The van der Waals surface area contributed by atoms with Gasteiger partial charge in [-0.3, -0.25) is 0 Å². The van der Waals surface area contributed by atoms with E-state index in [2.05, 4.69) is 26.0 Å². The van der Waals surface area contributed by atoms with E-state index in [1.165, 1.54) is 10.9 Å². The van der Waals surface area contributed by atoms with Crippen LogP contribution in [0.15, 0.2) is 39.5 Å². The van der Waals surface area contributed by atoms with E-state index in [-0.39, 0.29) is 18.7 Å². The predicted molar refractivity (Wildman–Crippen MR) is 76.4 cm³/mol. The van der Waals surface area contributed by atoms with Gasteiger partial charge in [-0.15, -0.1) is 0 Å². The Morgan fingerprint density at radius 1 is 1.48 bits per heavy atom. The molecule has 9 heteroatoms. The van der Waals surface area contributed by atoms with Crippen molar-refractivity contribution >= 4 is 15.9 Å².